The fourth-order valence-corrected chi connectivity index (χ4v) is 3.46. The monoisotopic (exact) mass is 190 g/mol. The highest BCUT2D eigenvalue weighted by Gasteiger charge is 2.36. The summed E-state index contributed by atoms with van der Waals surface area (Å²) < 4.78 is 11.4. The molecular formula is C9H18O2S. The Balaban J connectivity index is 2.66. The van der Waals surface area contributed by atoms with Crippen molar-refractivity contribution in [2.45, 2.75) is 43.8 Å². The molecule has 0 heterocycles. The van der Waals surface area contributed by atoms with Crippen LogP contribution in [0.3, 0.4) is 0 Å². The third kappa shape index (κ3) is 1.88. The van der Waals surface area contributed by atoms with Gasteiger partial charge >= 0.3 is 0 Å². The van der Waals surface area contributed by atoms with Crippen LogP contribution in [0, 0.1) is 0 Å². The fourth-order valence-electron chi connectivity index (χ4n) is 1.96. The summed E-state index contributed by atoms with van der Waals surface area (Å²) in [4.78, 5) is 0. The van der Waals surface area contributed by atoms with E-state index in [1.807, 2.05) is 6.92 Å². The maximum atomic E-state index is 11.7. The van der Waals surface area contributed by atoms with Gasteiger partial charge in [-0.15, -0.1) is 0 Å². The van der Waals surface area contributed by atoms with Gasteiger partial charge in [0.15, 0.2) is 0 Å². The predicted octanol–water partition coefficient (Wildman–Crippen LogP) is 1.45. The molecule has 1 unspecified atom stereocenters. The van der Waals surface area contributed by atoms with Crippen LogP contribution in [0.4, 0.5) is 0 Å². The summed E-state index contributed by atoms with van der Waals surface area (Å²) in [6.07, 6.45) is 5.40. The number of hydrogen-bond acceptors (Lipinski definition) is 2. The minimum Gasteiger partial charge on any atom is -0.395 e. The lowest BCUT2D eigenvalue weighted by atomic mass is 9.89. The molecule has 0 saturated heterocycles. The Labute approximate surface area is 76.8 Å². The summed E-state index contributed by atoms with van der Waals surface area (Å²) in [5.74, 6) is 0.681. The first-order chi connectivity index (χ1) is 5.75. The Morgan fingerprint density at radius 3 is 2.33 bits per heavy atom. The molecule has 1 atom stereocenters. The molecule has 12 heavy (non-hydrogen) atoms. The van der Waals surface area contributed by atoms with Crippen LogP contribution in [-0.2, 0) is 10.8 Å². The van der Waals surface area contributed by atoms with E-state index in [2.05, 4.69) is 0 Å². The van der Waals surface area contributed by atoms with Crippen molar-refractivity contribution in [1.29, 1.82) is 0 Å². The van der Waals surface area contributed by atoms with E-state index in [0.29, 0.717) is 5.75 Å². The summed E-state index contributed by atoms with van der Waals surface area (Å²) in [6, 6.07) is 0. The van der Waals surface area contributed by atoms with Crippen molar-refractivity contribution >= 4 is 10.8 Å². The van der Waals surface area contributed by atoms with Gasteiger partial charge in [-0.25, -0.2) is 0 Å². The summed E-state index contributed by atoms with van der Waals surface area (Å²) >= 11 is 0. The molecule has 0 amide bonds. The molecule has 1 aliphatic carbocycles. The molecule has 0 bridgehead atoms. The van der Waals surface area contributed by atoms with Crippen LogP contribution in [0.2, 0.25) is 0 Å². The van der Waals surface area contributed by atoms with E-state index >= 15 is 0 Å². The lowest BCUT2D eigenvalue weighted by Crippen LogP contribution is -2.41. The number of hydrogen-bond donors (Lipinski definition) is 1. The van der Waals surface area contributed by atoms with Crippen molar-refractivity contribution in [2.24, 2.45) is 0 Å². The highest BCUT2D eigenvalue weighted by atomic mass is 32.2. The highest BCUT2D eigenvalue weighted by Crippen LogP contribution is 2.33. The maximum absolute atomic E-state index is 11.7. The van der Waals surface area contributed by atoms with Crippen molar-refractivity contribution in [1.82, 2.24) is 0 Å². The first-order valence-corrected chi connectivity index (χ1v) is 6.06. The third-order valence-corrected chi connectivity index (χ3v) is 4.83. The van der Waals surface area contributed by atoms with Crippen molar-refractivity contribution < 1.29 is 9.32 Å². The van der Waals surface area contributed by atoms with Crippen molar-refractivity contribution in [3.63, 3.8) is 0 Å². The second kappa shape index (κ2) is 4.38. The molecule has 3 heteroatoms. The number of rotatable bonds is 3. The quantitative estimate of drug-likeness (QED) is 0.731. The predicted molar refractivity (Wildman–Crippen MR) is 51.6 cm³/mol. The molecule has 1 fully saturated rings. The zero-order valence-corrected chi connectivity index (χ0v) is 8.53. The molecule has 0 spiro atoms. The molecule has 2 nitrogen and oxygen atoms in total. The maximum Gasteiger partial charge on any atom is 0.0689 e. The summed E-state index contributed by atoms with van der Waals surface area (Å²) in [5, 5.41) is 9.25. The molecule has 72 valence electrons. The minimum absolute atomic E-state index is 0.105. The molecule has 0 aliphatic heterocycles. The van der Waals surface area contributed by atoms with E-state index in [-0.39, 0.29) is 11.4 Å². The molecule has 1 aliphatic rings. The average molecular weight is 190 g/mol. The summed E-state index contributed by atoms with van der Waals surface area (Å²) in [5.41, 5.74) is 0. The third-order valence-electron chi connectivity index (χ3n) is 2.80. The SMILES string of the molecule is CCS(=O)C1(CO)CCCCC1. The topological polar surface area (TPSA) is 37.3 Å². The minimum atomic E-state index is -0.822. The molecule has 0 radical (unpaired) electrons. The van der Waals surface area contributed by atoms with Crippen molar-refractivity contribution in [3.05, 3.63) is 0 Å². The molecule has 0 aromatic heterocycles. The average Bonchev–Trinajstić information content (AvgIpc) is 2.17. The molecular weight excluding hydrogens is 172 g/mol. The first kappa shape index (κ1) is 10.2. The van der Waals surface area contributed by atoms with Gasteiger partial charge in [0.2, 0.25) is 0 Å². The Hall–Kier alpha value is 0.110. The molecule has 1 saturated carbocycles. The van der Waals surface area contributed by atoms with Gasteiger partial charge < -0.3 is 5.11 Å². The lowest BCUT2D eigenvalue weighted by Gasteiger charge is -2.34. The van der Waals surface area contributed by atoms with Gasteiger partial charge in [-0.3, -0.25) is 4.21 Å². The molecule has 0 aromatic rings. The van der Waals surface area contributed by atoms with Gasteiger partial charge in [0.1, 0.15) is 0 Å². The summed E-state index contributed by atoms with van der Waals surface area (Å²) in [7, 11) is -0.822. The standard InChI is InChI=1S/C9H18O2S/c1-2-12(11)9(8-10)6-4-3-5-7-9/h10H,2-8H2,1H3. The Bertz CT molecular complexity index is 162. The van der Waals surface area contributed by atoms with Gasteiger partial charge in [0.05, 0.1) is 11.4 Å². The van der Waals surface area contributed by atoms with Crippen LogP contribution in [0.15, 0.2) is 0 Å². The highest BCUT2D eigenvalue weighted by molar-refractivity contribution is 7.86. The van der Waals surface area contributed by atoms with Gasteiger partial charge in [0.25, 0.3) is 0 Å². The largest absolute Gasteiger partial charge is 0.395 e. The van der Waals surface area contributed by atoms with Crippen LogP contribution in [0.25, 0.3) is 0 Å². The fraction of sp³-hybridized carbons (Fsp3) is 1.00. The van der Waals surface area contributed by atoms with Crippen LogP contribution in [-0.4, -0.2) is 26.4 Å². The van der Waals surface area contributed by atoms with E-state index in [0.717, 1.165) is 25.7 Å². The Morgan fingerprint density at radius 2 is 1.92 bits per heavy atom. The van der Waals surface area contributed by atoms with Crippen LogP contribution in [0.5, 0.6) is 0 Å². The lowest BCUT2D eigenvalue weighted by molar-refractivity contribution is 0.210. The number of aliphatic hydroxyl groups excluding tert-OH is 1. The smallest absolute Gasteiger partial charge is 0.0689 e. The van der Waals surface area contributed by atoms with Gasteiger partial charge in [-0.05, 0) is 12.8 Å². The van der Waals surface area contributed by atoms with Crippen LogP contribution < -0.4 is 0 Å². The molecule has 1 N–H and O–H groups in total. The normalized spacial score (nSPS) is 25.2. The van der Waals surface area contributed by atoms with Gasteiger partial charge in [-0.1, -0.05) is 26.2 Å². The first-order valence-electron chi connectivity index (χ1n) is 4.74. The van der Waals surface area contributed by atoms with E-state index in [9.17, 15) is 9.32 Å². The zero-order chi connectivity index (χ0) is 9.03. The van der Waals surface area contributed by atoms with Crippen LogP contribution >= 0.6 is 0 Å². The molecule has 1 rings (SSSR count). The van der Waals surface area contributed by atoms with Crippen LogP contribution in [0.1, 0.15) is 39.0 Å². The second-order valence-electron chi connectivity index (χ2n) is 3.54. The Morgan fingerprint density at radius 1 is 1.33 bits per heavy atom. The Kier molecular flexibility index (Phi) is 3.72. The number of aliphatic hydroxyl groups is 1. The van der Waals surface area contributed by atoms with E-state index in [1.165, 1.54) is 6.42 Å². The van der Waals surface area contributed by atoms with Crippen molar-refractivity contribution in [3.8, 4) is 0 Å². The second-order valence-corrected chi connectivity index (χ2v) is 5.67. The van der Waals surface area contributed by atoms with E-state index in [1.54, 1.807) is 0 Å². The van der Waals surface area contributed by atoms with E-state index in [4.69, 9.17) is 0 Å². The van der Waals surface area contributed by atoms with E-state index < -0.39 is 10.8 Å². The van der Waals surface area contributed by atoms with Crippen molar-refractivity contribution in [2.75, 3.05) is 12.4 Å². The van der Waals surface area contributed by atoms with Gasteiger partial charge in [-0.2, -0.15) is 0 Å². The zero-order valence-electron chi connectivity index (χ0n) is 7.71. The molecule has 0 aromatic carbocycles. The summed E-state index contributed by atoms with van der Waals surface area (Å²) in [6.45, 7) is 2.04. The van der Waals surface area contributed by atoms with Gasteiger partial charge in [0, 0.05) is 16.6 Å².